The molecule has 0 radical (unpaired) electrons. The average molecular weight is 441 g/mol. The summed E-state index contributed by atoms with van der Waals surface area (Å²) in [4.78, 5) is 23.6. The molecule has 8 heteroatoms. The summed E-state index contributed by atoms with van der Waals surface area (Å²) in [6.07, 6.45) is 9.99. The minimum Gasteiger partial charge on any atom is -0.493 e. The lowest BCUT2D eigenvalue weighted by Crippen LogP contribution is -2.28. The Morgan fingerprint density at radius 3 is 2.79 bits per heavy atom. The predicted molar refractivity (Wildman–Crippen MR) is 122 cm³/mol. The van der Waals surface area contributed by atoms with E-state index in [1.807, 2.05) is 27.6 Å². The van der Waals surface area contributed by atoms with E-state index in [1.54, 1.807) is 18.6 Å². The molecule has 0 N–H and O–H groups in total. The van der Waals surface area contributed by atoms with Crippen LogP contribution in [0.1, 0.15) is 40.3 Å². The van der Waals surface area contributed by atoms with E-state index in [0.717, 1.165) is 80.1 Å². The molecule has 2 aliphatic rings. The van der Waals surface area contributed by atoms with Crippen LogP contribution < -0.4 is 4.74 Å². The Morgan fingerprint density at radius 2 is 1.94 bits per heavy atom. The van der Waals surface area contributed by atoms with Gasteiger partial charge in [0.2, 0.25) is 0 Å². The first-order valence-electron chi connectivity index (χ1n) is 11.4. The lowest BCUT2D eigenvalue weighted by Gasteiger charge is -2.14. The van der Waals surface area contributed by atoms with Gasteiger partial charge in [-0.3, -0.25) is 14.2 Å². The second-order valence-electron chi connectivity index (χ2n) is 8.54. The maximum absolute atomic E-state index is 12.6. The molecule has 2 aliphatic heterocycles. The molecule has 0 spiro atoms. The minimum atomic E-state index is -0.00190. The first kappa shape index (κ1) is 19.8. The van der Waals surface area contributed by atoms with Gasteiger partial charge in [0.05, 0.1) is 6.61 Å². The number of benzene rings is 1. The van der Waals surface area contributed by atoms with Gasteiger partial charge in [0.15, 0.2) is 5.65 Å². The fourth-order valence-corrected chi connectivity index (χ4v) is 4.79. The standard InChI is InChI=1S/C25H24N6O2/c32-25(30-11-1-2-12-30)21-8-6-18(14-26-21)20-15-27-23(31-16-28-29-24(20)31)9-7-17-4-3-5-22-19(17)10-13-33-22/h3-6,8,14-16H,1-2,7,9-13H2. The third kappa shape index (κ3) is 3.61. The van der Waals surface area contributed by atoms with Gasteiger partial charge >= 0.3 is 0 Å². The number of amides is 1. The number of hydrogen-bond donors (Lipinski definition) is 0. The molecule has 0 bridgehead atoms. The van der Waals surface area contributed by atoms with Gasteiger partial charge in [0, 0.05) is 55.0 Å². The highest BCUT2D eigenvalue weighted by Crippen LogP contribution is 2.29. The molecular formula is C25H24N6O2. The van der Waals surface area contributed by atoms with Gasteiger partial charge in [-0.1, -0.05) is 18.2 Å². The summed E-state index contributed by atoms with van der Waals surface area (Å²) in [6.45, 7) is 2.38. The van der Waals surface area contributed by atoms with E-state index in [1.165, 1.54) is 11.1 Å². The minimum absolute atomic E-state index is 0.00190. The highest BCUT2D eigenvalue weighted by atomic mass is 16.5. The second-order valence-corrected chi connectivity index (χ2v) is 8.54. The molecule has 1 aromatic carbocycles. The summed E-state index contributed by atoms with van der Waals surface area (Å²) in [7, 11) is 0. The van der Waals surface area contributed by atoms with Crippen molar-refractivity contribution in [1.82, 2.24) is 29.5 Å². The number of hydrogen-bond acceptors (Lipinski definition) is 6. The molecule has 0 aliphatic carbocycles. The number of nitrogens with zero attached hydrogens (tertiary/aromatic N) is 6. The summed E-state index contributed by atoms with van der Waals surface area (Å²) in [5, 5.41) is 8.47. The van der Waals surface area contributed by atoms with Gasteiger partial charge in [-0.15, -0.1) is 10.2 Å². The Bertz CT molecular complexity index is 1320. The summed E-state index contributed by atoms with van der Waals surface area (Å²) in [6, 6.07) is 9.95. The van der Waals surface area contributed by atoms with Gasteiger partial charge in [-0.25, -0.2) is 4.98 Å². The summed E-state index contributed by atoms with van der Waals surface area (Å²) in [5.41, 5.74) is 5.54. The van der Waals surface area contributed by atoms with Gasteiger partial charge in [-0.2, -0.15) is 0 Å². The van der Waals surface area contributed by atoms with Gasteiger partial charge < -0.3 is 9.64 Å². The fourth-order valence-electron chi connectivity index (χ4n) is 4.79. The Morgan fingerprint density at radius 1 is 1.03 bits per heavy atom. The first-order valence-corrected chi connectivity index (χ1v) is 11.4. The predicted octanol–water partition coefficient (Wildman–Crippen LogP) is 3.14. The topological polar surface area (TPSA) is 85.5 Å². The molecule has 1 saturated heterocycles. The van der Waals surface area contributed by atoms with Crippen molar-refractivity contribution in [1.29, 1.82) is 0 Å². The van der Waals surface area contributed by atoms with Crippen LogP contribution in [0.5, 0.6) is 5.75 Å². The number of fused-ring (bicyclic) bond motifs is 2. The van der Waals surface area contributed by atoms with E-state index in [0.29, 0.717) is 5.69 Å². The zero-order valence-corrected chi connectivity index (χ0v) is 18.3. The quantitative estimate of drug-likeness (QED) is 0.474. The number of rotatable bonds is 5. The van der Waals surface area contributed by atoms with E-state index < -0.39 is 0 Å². The van der Waals surface area contributed by atoms with Crippen molar-refractivity contribution in [2.45, 2.75) is 32.1 Å². The Balaban J connectivity index is 1.25. The second kappa shape index (κ2) is 8.27. The molecule has 6 rings (SSSR count). The molecule has 5 heterocycles. The molecular weight excluding hydrogens is 416 g/mol. The van der Waals surface area contributed by atoms with Crippen molar-refractivity contribution in [3.63, 3.8) is 0 Å². The highest BCUT2D eigenvalue weighted by Gasteiger charge is 2.21. The van der Waals surface area contributed by atoms with E-state index in [4.69, 9.17) is 9.72 Å². The molecule has 1 amide bonds. The van der Waals surface area contributed by atoms with Crippen LogP contribution in [0.2, 0.25) is 0 Å². The van der Waals surface area contributed by atoms with Crippen LogP contribution in [0.4, 0.5) is 0 Å². The average Bonchev–Trinajstić information content (AvgIpc) is 3.63. The molecule has 0 atom stereocenters. The number of likely N-dealkylation sites (tertiary alicyclic amines) is 1. The lowest BCUT2D eigenvalue weighted by molar-refractivity contribution is 0.0787. The van der Waals surface area contributed by atoms with Crippen LogP contribution in [-0.4, -0.2) is 55.1 Å². The third-order valence-electron chi connectivity index (χ3n) is 6.55. The van der Waals surface area contributed by atoms with Crippen molar-refractivity contribution < 1.29 is 9.53 Å². The van der Waals surface area contributed by atoms with Crippen molar-refractivity contribution in [3.05, 3.63) is 71.7 Å². The molecule has 33 heavy (non-hydrogen) atoms. The molecule has 1 fully saturated rings. The van der Waals surface area contributed by atoms with Crippen LogP contribution >= 0.6 is 0 Å². The molecule has 0 saturated carbocycles. The van der Waals surface area contributed by atoms with Gasteiger partial charge in [0.1, 0.15) is 23.6 Å². The number of aryl methyl sites for hydroxylation is 2. The SMILES string of the molecule is O=C(c1ccc(-c2cnc(CCc3cccc4c3CCO4)n3cnnc23)cn1)N1CCCC1. The fraction of sp³-hybridized carbons (Fsp3) is 0.320. The van der Waals surface area contributed by atoms with Crippen molar-refractivity contribution in [3.8, 4) is 16.9 Å². The smallest absolute Gasteiger partial charge is 0.272 e. The number of carbonyl (C=O) groups is 1. The number of pyridine rings is 1. The molecule has 8 nitrogen and oxygen atoms in total. The zero-order valence-electron chi connectivity index (χ0n) is 18.3. The Hall–Kier alpha value is -3.81. The normalized spacial score (nSPS) is 15.1. The number of aromatic nitrogens is 5. The maximum atomic E-state index is 12.6. The van der Waals surface area contributed by atoms with E-state index in [9.17, 15) is 4.79 Å². The Labute approximate surface area is 191 Å². The Kier molecular flexibility index (Phi) is 4.97. The van der Waals surface area contributed by atoms with Gasteiger partial charge in [0.25, 0.3) is 5.91 Å². The molecule has 0 unspecified atom stereocenters. The lowest BCUT2D eigenvalue weighted by atomic mass is 10.0. The third-order valence-corrected chi connectivity index (χ3v) is 6.55. The van der Waals surface area contributed by atoms with Crippen LogP contribution in [0, 0.1) is 0 Å². The van der Waals surface area contributed by atoms with Crippen LogP contribution in [-0.2, 0) is 19.3 Å². The first-order chi connectivity index (χ1) is 16.3. The largest absolute Gasteiger partial charge is 0.493 e. The van der Waals surface area contributed by atoms with E-state index in [-0.39, 0.29) is 5.91 Å². The van der Waals surface area contributed by atoms with Crippen LogP contribution in [0.25, 0.3) is 16.8 Å². The monoisotopic (exact) mass is 440 g/mol. The maximum Gasteiger partial charge on any atom is 0.272 e. The number of carbonyl (C=O) groups excluding carboxylic acids is 1. The summed E-state index contributed by atoms with van der Waals surface area (Å²) in [5.74, 6) is 1.91. The van der Waals surface area contributed by atoms with Crippen molar-refractivity contribution in [2.75, 3.05) is 19.7 Å². The van der Waals surface area contributed by atoms with E-state index >= 15 is 0 Å². The van der Waals surface area contributed by atoms with Crippen LogP contribution in [0.15, 0.2) is 49.1 Å². The van der Waals surface area contributed by atoms with Crippen LogP contribution in [0.3, 0.4) is 0 Å². The summed E-state index contributed by atoms with van der Waals surface area (Å²) >= 11 is 0. The zero-order chi connectivity index (χ0) is 22.2. The van der Waals surface area contributed by atoms with Gasteiger partial charge in [-0.05, 0) is 37.0 Å². The molecule has 166 valence electrons. The van der Waals surface area contributed by atoms with Crippen molar-refractivity contribution in [2.24, 2.45) is 0 Å². The van der Waals surface area contributed by atoms with Crippen molar-refractivity contribution >= 4 is 11.6 Å². The molecule has 4 aromatic rings. The number of ether oxygens (including phenoxy) is 1. The highest BCUT2D eigenvalue weighted by molar-refractivity contribution is 5.93. The summed E-state index contributed by atoms with van der Waals surface area (Å²) < 4.78 is 7.64. The molecule has 3 aromatic heterocycles. The van der Waals surface area contributed by atoms with E-state index in [2.05, 4.69) is 27.3 Å².